The number of ketones is 2. The molecule has 5 aliphatic carbocycles. The molecule has 0 unspecified atom stereocenters. The van der Waals surface area contributed by atoms with Gasteiger partial charge < -0.3 is 5.11 Å². The minimum atomic E-state index is -1.02. The lowest BCUT2D eigenvalue weighted by Gasteiger charge is -2.56. The highest BCUT2D eigenvalue weighted by atomic mass is 79.9. The molecular formula is C41H42BrNO3S. The summed E-state index contributed by atoms with van der Waals surface area (Å²) in [5.41, 5.74) is 2.24. The Balaban J connectivity index is 1.23. The third-order valence-electron chi connectivity index (χ3n) is 14.9. The molecule has 3 aromatic carbocycles. The number of carbonyl (C=O) groups is 2. The molecule has 6 heteroatoms. The van der Waals surface area contributed by atoms with Crippen LogP contribution in [-0.4, -0.2) is 45.3 Å². The average molecular weight is 709 g/mol. The molecule has 0 aromatic heterocycles. The second-order valence-corrected chi connectivity index (χ2v) is 18.4. The fraction of sp³-hybridized carbons (Fsp3) is 0.512. The maximum absolute atomic E-state index is 16.2. The van der Waals surface area contributed by atoms with Crippen molar-refractivity contribution < 1.29 is 14.7 Å². The zero-order valence-corrected chi connectivity index (χ0v) is 29.6. The zero-order chi connectivity index (χ0) is 32.1. The van der Waals surface area contributed by atoms with Gasteiger partial charge in [-0.05, 0) is 102 Å². The Bertz CT molecular complexity index is 1940. The quantitative estimate of drug-likeness (QED) is 0.257. The summed E-state index contributed by atoms with van der Waals surface area (Å²) in [6.45, 7) is 4.76. The first-order valence-electron chi connectivity index (χ1n) is 17.8. The van der Waals surface area contributed by atoms with Gasteiger partial charge in [0.1, 0.15) is 11.3 Å². The van der Waals surface area contributed by atoms with E-state index in [0.29, 0.717) is 17.6 Å². The number of aliphatic hydroxyl groups excluding tert-OH is 1. The van der Waals surface area contributed by atoms with Gasteiger partial charge in [0.15, 0.2) is 5.78 Å². The van der Waals surface area contributed by atoms with Crippen LogP contribution in [0.1, 0.15) is 86.2 Å². The third-order valence-corrected chi connectivity index (χ3v) is 16.5. The van der Waals surface area contributed by atoms with Crippen LogP contribution in [0, 0.1) is 34.0 Å². The molecule has 1 N–H and O–H groups in total. The van der Waals surface area contributed by atoms with Gasteiger partial charge in [0.2, 0.25) is 0 Å². The monoisotopic (exact) mass is 707 g/mol. The molecule has 5 fully saturated rings. The molecule has 2 aliphatic heterocycles. The van der Waals surface area contributed by atoms with Crippen molar-refractivity contribution in [2.24, 2.45) is 34.0 Å². The molecule has 0 amide bonds. The minimum Gasteiger partial charge on any atom is -0.393 e. The van der Waals surface area contributed by atoms with Crippen molar-refractivity contribution in [2.45, 2.75) is 82.4 Å². The Hall–Kier alpha value is -2.25. The van der Waals surface area contributed by atoms with Gasteiger partial charge in [0.05, 0.1) is 11.5 Å². The van der Waals surface area contributed by atoms with E-state index in [1.165, 1.54) is 11.1 Å². The third kappa shape index (κ3) is 3.36. The summed E-state index contributed by atoms with van der Waals surface area (Å²) in [6.07, 6.45) is 8.59. The maximum Gasteiger partial charge on any atom is 0.189 e. The van der Waals surface area contributed by atoms with Gasteiger partial charge in [-0.15, -0.1) is 11.8 Å². The Labute approximate surface area is 289 Å². The number of halogens is 1. The SMILES string of the molecule is C[C@]12CC[C@H](O)CC1=CC[C@@H]1[C@@H]2CC[C@]2(C)C(=O)[C@]3(C[C@@H]12)[C@@H](c1cccc(Br)c1)[C@@H]1CSCN1[C@@]31C(=O)c2cccc3cccc1c23. The smallest absolute Gasteiger partial charge is 0.189 e. The lowest BCUT2D eigenvalue weighted by Crippen LogP contribution is -2.58. The number of nitrogens with zero attached hydrogens (tertiary/aromatic N) is 1. The fourth-order valence-electron chi connectivity index (χ4n) is 13.1. The van der Waals surface area contributed by atoms with Crippen molar-refractivity contribution in [3.63, 3.8) is 0 Å². The van der Waals surface area contributed by atoms with E-state index in [2.05, 4.69) is 89.3 Å². The molecule has 2 saturated heterocycles. The van der Waals surface area contributed by atoms with Crippen molar-refractivity contribution in [3.8, 4) is 0 Å². The molecule has 3 aromatic rings. The first kappa shape index (κ1) is 29.6. The van der Waals surface area contributed by atoms with Crippen LogP contribution >= 0.6 is 27.7 Å². The van der Waals surface area contributed by atoms with E-state index in [1.807, 2.05) is 23.9 Å². The summed E-state index contributed by atoms with van der Waals surface area (Å²) < 4.78 is 1.03. The van der Waals surface area contributed by atoms with E-state index in [0.717, 1.165) is 82.9 Å². The van der Waals surface area contributed by atoms with Crippen LogP contribution in [0.5, 0.6) is 0 Å². The molecule has 2 spiro atoms. The van der Waals surface area contributed by atoms with Crippen molar-refractivity contribution >= 4 is 50.0 Å². The molecule has 47 heavy (non-hydrogen) atoms. The van der Waals surface area contributed by atoms with Gasteiger partial charge in [0, 0.05) is 39.0 Å². The number of rotatable bonds is 1. The molecule has 0 bridgehead atoms. The second-order valence-electron chi connectivity index (χ2n) is 16.4. The Morgan fingerprint density at radius 3 is 2.57 bits per heavy atom. The van der Waals surface area contributed by atoms with Crippen LogP contribution in [0.2, 0.25) is 0 Å². The zero-order valence-electron chi connectivity index (χ0n) is 27.2. The maximum atomic E-state index is 16.2. The van der Waals surface area contributed by atoms with Gasteiger partial charge in [-0.3, -0.25) is 14.5 Å². The van der Waals surface area contributed by atoms with Crippen LogP contribution in [-0.2, 0) is 10.3 Å². The predicted molar refractivity (Wildman–Crippen MR) is 190 cm³/mol. The Morgan fingerprint density at radius 2 is 1.74 bits per heavy atom. The summed E-state index contributed by atoms with van der Waals surface area (Å²) in [5, 5.41) is 12.8. The largest absolute Gasteiger partial charge is 0.393 e. The van der Waals surface area contributed by atoms with Crippen LogP contribution in [0.25, 0.3) is 10.8 Å². The summed E-state index contributed by atoms with van der Waals surface area (Å²) in [5.74, 6) is 3.25. The van der Waals surface area contributed by atoms with E-state index in [9.17, 15) is 5.11 Å². The van der Waals surface area contributed by atoms with Crippen LogP contribution in [0.4, 0.5) is 0 Å². The van der Waals surface area contributed by atoms with E-state index in [4.69, 9.17) is 0 Å². The van der Waals surface area contributed by atoms with Crippen LogP contribution < -0.4 is 0 Å². The number of allylic oxidation sites excluding steroid dienone is 1. The Kier molecular flexibility index (Phi) is 6.12. The van der Waals surface area contributed by atoms with Gasteiger partial charge in [-0.1, -0.05) is 90.0 Å². The summed E-state index contributed by atoms with van der Waals surface area (Å²) >= 11 is 5.71. The van der Waals surface area contributed by atoms with E-state index in [-0.39, 0.29) is 35.2 Å². The number of Topliss-reactive ketones (excluding diaryl/α,β-unsaturated/α-hetero) is 2. The predicted octanol–water partition coefficient (Wildman–Crippen LogP) is 8.66. The molecule has 3 saturated carbocycles. The number of fused-ring (bicyclic) bond motifs is 9. The van der Waals surface area contributed by atoms with Crippen LogP contribution in [0.15, 0.2) is 76.8 Å². The normalized spacial score (nSPS) is 43.4. The first-order valence-corrected chi connectivity index (χ1v) is 19.7. The van der Waals surface area contributed by atoms with Crippen molar-refractivity contribution in [1.82, 2.24) is 4.90 Å². The van der Waals surface area contributed by atoms with Crippen LogP contribution in [0.3, 0.4) is 0 Å². The van der Waals surface area contributed by atoms with Crippen molar-refractivity contribution in [2.75, 3.05) is 11.6 Å². The number of hydrogen-bond donors (Lipinski definition) is 1. The second kappa shape index (κ2) is 9.71. The van der Waals surface area contributed by atoms with Crippen molar-refractivity contribution in [1.29, 1.82) is 0 Å². The molecule has 10 atom stereocenters. The Morgan fingerprint density at radius 1 is 0.957 bits per heavy atom. The minimum absolute atomic E-state index is 0.0769. The molecular weight excluding hydrogens is 666 g/mol. The van der Waals surface area contributed by atoms with E-state index >= 15 is 9.59 Å². The summed E-state index contributed by atoms with van der Waals surface area (Å²) in [6, 6.07) is 21.4. The molecule has 7 aliphatic rings. The topological polar surface area (TPSA) is 57.6 Å². The van der Waals surface area contributed by atoms with E-state index < -0.39 is 16.4 Å². The molecule has 2 heterocycles. The number of carbonyl (C=O) groups excluding carboxylic acids is 2. The lowest BCUT2D eigenvalue weighted by atomic mass is 9.48. The molecule has 0 radical (unpaired) electrons. The molecule has 10 rings (SSSR count). The van der Waals surface area contributed by atoms with E-state index in [1.54, 1.807) is 0 Å². The van der Waals surface area contributed by atoms with Gasteiger partial charge in [-0.25, -0.2) is 0 Å². The lowest BCUT2D eigenvalue weighted by molar-refractivity contribution is -0.141. The highest BCUT2D eigenvalue weighted by Crippen LogP contribution is 2.77. The standard InChI is InChI=1S/C41H42BrNO3S/c1-38-16-14-27(44)19-25(38)12-13-28-30(38)15-17-39(2)32(28)20-40(37(39)46)35(24-8-3-9-26(42)18-24)33-21-47-22-43(33)41(40)31-11-5-7-23-6-4-10-29(34(23)31)36(41)45/h3-12,18,27-28,30,32-33,35,44H,13-17,19-22H2,1-2H3/t27-,28+,30-,32-,33-,35-,38-,39-,40-,41-/m0/s1. The fourth-order valence-corrected chi connectivity index (χ4v) is 14.8. The van der Waals surface area contributed by atoms with Gasteiger partial charge >= 0.3 is 0 Å². The first-order chi connectivity index (χ1) is 22.7. The van der Waals surface area contributed by atoms with Gasteiger partial charge in [-0.2, -0.15) is 0 Å². The highest BCUT2D eigenvalue weighted by molar-refractivity contribution is 9.10. The average Bonchev–Trinajstić information content (AvgIpc) is 3.76. The number of hydrogen-bond acceptors (Lipinski definition) is 5. The number of aliphatic hydroxyl groups is 1. The van der Waals surface area contributed by atoms with Crippen molar-refractivity contribution in [3.05, 3.63) is 93.5 Å². The van der Waals surface area contributed by atoms with Gasteiger partial charge in [0.25, 0.3) is 0 Å². The highest BCUT2D eigenvalue weighted by Gasteiger charge is 2.82. The number of thioether (sulfide) groups is 1. The molecule has 242 valence electrons. The summed E-state index contributed by atoms with van der Waals surface area (Å²) in [7, 11) is 0. The summed E-state index contributed by atoms with van der Waals surface area (Å²) in [4.78, 5) is 34.3. The number of benzene rings is 3. The molecule has 4 nitrogen and oxygen atoms in total.